The highest BCUT2D eigenvalue weighted by Gasteiger charge is 2.21. The lowest BCUT2D eigenvalue weighted by atomic mass is 9.85. The second-order valence-corrected chi connectivity index (χ2v) is 3.98. The third kappa shape index (κ3) is 3.90. The molecule has 4 nitrogen and oxygen atoms in total. The molecule has 0 atom stereocenters. The molecule has 1 aliphatic rings. The van der Waals surface area contributed by atoms with E-state index in [1.165, 1.54) is 19.3 Å². The van der Waals surface area contributed by atoms with Crippen LogP contribution in [-0.2, 0) is 9.53 Å². The fourth-order valence-electron chi connectivity index (χ4n) is 2.04. The molecule has 1 aliphatic carbocycles. The quantitative estimate of drug-likeness (QED) is 0.337. The number of ether oxygens (including phenoxy) is 1. The smallest absolute Gasteiger partial charge is 0.356 e. The third-order valence-corrected chi connectivity index (χ3v) is 2.84. The fraction of sp³-hybridized carbons (Fsp3) is 0.818. The van der Waals surface area contributed by atoms with Crippen LogP contribution in [0.2, 0.25) is 0 Å². The van der Waals surface area contributed by atoms with E-state index >= 15 is 0 Å². The van der Waals surface area contributed by atoms with Gasteiger partial charge in [0.05, 0.1) is 6.61 Å². The molecule has 0 aromatic rings. The van der Waals surface area contributed by atoms with Crippen molar-refractivity contribution in [1.29, 1.82) is 0 Å². The minimum atomic E-state index is -0.481. The minimum Gasteiger partial charge on any atom is -0.461 e. The van der Waals surface area contributed by atoms with Gasteiger partial charge in [-0.15, -0.1) is 0 Å². The van der Waals surface area contributed by atoms with E-state index in [0.717, 1.165) is 12.8 Å². The predicted molar refractivity (Wildman–Crippen MR) is 57.0 cm³/mol. The molecule has 0 saturated heterocycles. The molecule has 0 spiro atoms. The molecule has 4 heteroatoms. The van der Waals surface area contributed by atoms with Crippen molar-refractivity contribution in [2.75, 3.05) is 6.61 Å². The van der Waals surface area contributed by atoms with E-state index in [9.17, 15) is 4.79 Å². The number of esters is 1. The normalized spacial score (nSPS) is 18.9. The van der Waals surface area contributed by atoms with Crippen LogP contribution < -0.4 is 0 Å². The molecule has 86 valence electrons. The van der Waals surface area contributed by atoms with Gasteiger partial charge in [0.15, 0.2) is 5.71 Å². The van der Waals surface area contributed by atoms with E-state index < -0.39 is 5.97 Å². The summed E-state index contributed by atoms with van der Waals surface area (Å²) in [6, 6.07) is 0. The molecule has 15 heavy (non-hydrogen) atoms. The number of hydrogen-bond donors (Lipinski definition) is 1. The summed E-state index contributed by atoms with van der Waals surface area (Å²) in [5.74, 6) is -0.000343. The Morgan fingerprint density at radius 3 is 2.60 bits per heavy atom. The van der Waals surface area contributed by atoms with Crippen LogP contribution >= 0.6 is 0 Å². The van der Waals surface area contributed by atoms with Crippen molar-refractivity contribution in [3.63, 3.8) is 0 Å². The van der Waals surface area contributed by atoms with Crippen molar-refractivity contribution in [3.05, 3.63) is 0 Å². The Morgan fingerprint density at radius 1 is 1.40 bits per heavy atom. The van der Waals surface area contributed by atoms with Gasteiger partial charge in [-0.3, -0.25) is 0 Å². The van der Waals surface area contributed by atoms with Crippen LogP contribution in [0.1, 0.15) is 45.4 Å². The first-order chi connectivity index (χ1) is 7.27. The molecular formula is C11H19NO3. The second kappa shape index (κ2) is 6.43. The van der Waals surface area contributed by atoms with E-state index in [4.69, 9.17) is 9.94 Å². The summed E-state index contributed by atoms with van der Waals surface area (Å²) in [6.07, 6.45) is 6.51. The lowest BCUT2D eigenvalue weighted by Gasteiger charge is -2.20. The van der Waals surface area contributed by atoms with Gasteiger partial charge in [0.2, 0.25) is 0 Å². The van der Waals surface area contributed by atoms with E-state index in [1.54, 1.807) is 6.92 Å². The van der Waals surface area contributed by atoms with Crippen LogP contribution in [-0.4, -0.2) is 23.5 Å². The maximum absolute atomic E-state index is 11.3. The topological polar surface area (TPSA) is 58.9 Å². The SMILES string of the molecule is CCOC(=O)C(CC1CCCCC1)=NO. The van der Waals surface area contributed by atoms with Crippen LogP contribution in [0.15, 0.2) is 5.16 Å². The Morgan fingerprint density at radius 2 is 2.07 bits per heavy atom. The van der Waals surface area contributed by atoms with Gasteiger partial charge < -0.3 is 9.94 Å². The van der Waals surface area contributed by atoms with Crippen molar-refractivity contribution in [2.24, 2.45) is 11.1 Å². The third-order valence-electron chi connectivity index (χ3n) is 2.84. The number of oxime groups is 1. The van der Waals surface area contributed by atoms with E-state index in [1.807, 2.05) is 0 Å². The van der Waals surface area contributed by atoms with Gasteiger partial charge in [0, 0.05) is 6.42 Å². The zero-order chi connectivity index (χ0) is 11.1. The summed E-state index contributed by atoms with van der Waals surface area (Å²) in [7, 11) is 0. The molecule has 0 heterocycles. The van der Waals surface area contributed by atoms with Gasteiger partial charge in [-0.25, -0.2) is 4.79 Å². The van der Waals surface area contributed by atoms with E-state index in [0.29, 0.717) is 18.9 Å². The van der Waals surface area contributed by atoms with Gasteiger partial charge in [-0.1, -0.05) is 37.3 Å². The van der Waals surface area contributed by atoms with Crippen molar-refractivity contribution in [2.45, 2.75) is 45.4 Å². The molecule has 0 aliphatic heterocycles. The molecule has 0 bridgehead atoms. The van der Waals surface area contributed by atoms with Crippen molar-refractivity contribution in [3.8, 4) is 0 Å². The molecule has 1 N–H and O–H groups in total. The molecule has 0 unspecified atom stereocenters. The number of carbonyl (C=O) groups is 1. The van der Waals surface area contributed by atoms with Crippen LogP contribution in [0.3, 0.4) is 0 Å². The van der Waals surface area contributed by atoms with Gasteiger partial charge in [0.1, 0.15) is 0 Å². The largest absolute Gasteiger partial charge is 0.461 e. The van der Waals surface area contributed by atoms with Gasteiger partial charge >= 0.3 is 5.97 Å². The predicted octanol–water partition coefficient (Wildman–Crippen LogP) is 2.35. The lowest BCUT2D eigenvalue weighted by molar-refractivity contribution is -0.135. The Kier molecular flexibility index (Phi) is 5.15. The average molecular weight is 213 g/mol. The van der Waals surface area contributed by atoms with E-state index in [-0.39, 0.29) is 5.71 Å². The number of rotatable bonds is 4. The van der Waals surface area contributed by atoms with Gasteiger partial charge in [0.25, 0.3) is 0 Å². The lowest BCUT2D eigenvalue weighted by Crippen LogP contribution is -2.22. The van der Waals surface area contributed by atoms with Crippen molar-refractivity contribution < 1.29 is 14.7 Å². The van der Waals surface area contributed by atoms with E-state index in [2.05, 4.69) is 5.16 Å². The molecule has 1 saturated carbocycles. The van der Waals surface area contributed by atoms with Crippen LogP contribution in [0.25, 0.3) is 0 Å². The summed E-state index contributed by atoms with van der Waals surface area (Å²) in [5, 5.41) is 11.8. The Bertz CT molecular complexity index is 232. The minimum absolute atomic E-state index is 0.170. The first-order valence-corrected chi connectivity index (χ1v) is 5.66. The molecule has 0 radical (unpaired) electrons. The Balaban J connectivity index is 2.42. The highest BCUT2D eigenvalue weighted by Crippen LogP contribution is 2.26. The maximum atomic E-state index is 11.3. The summed E-state index contributed by atoms with van der Waals surface area (Å²) in [6.45, 7) is 2.07. The molecule has 1 rings (SSSR count). The maximum Gasteiger partial charge on any atom is 0.356 e. The summed E-state index contributed by atoms with van der Waals surface area (Å²) >= 11 is 0. The van der Waals surface area contributed by atoms with Crippen LogP contribution in [0, 0.1) is 5.92 Å². The second-order valence-electron chi connectivity index (χ2n) is 3.98. The van der Waals surface area contributed by atoms with Crippen molar-refractivity contribution >= 4 is 11.7 Å². The Hall–Kier alpha value is -1.06. The monoisotopic (exact) mass is 213 g/mol. The first-order valence-electron chi connectivity index (χ1n) is 5.66. The number of carbonyl (C=O) groups excluding carboxylic acids is 1. The van der Waals surface area contributed by atoms with Gasteiger partial charge in [-0.2, -0.15) is 0 Å². The highest BCUT2D eigenvalue weighted by molar-refractivity contribution is 6.36. The molecule has 1 fully saturated rings. The first kappa shape index (κ1) is 12.0. The standard InChI is InChI=1S/C11H19NO3/c1-2-15-11(13)10(12-14)8-9-6-4-3-5-7-9/h9,14H,2-8H2,1H3. The summed E-state index contributed by atoms with van der Waals surface area (Å²) < 4.78 is 4.81. The number of hydrogen-bond acceptors (Lipinski definition) is 4. The number of nitrogens with zero attached hydrogens (tertiary/aromatic N) is 1. The molecule has 0 aromatic carbocycles. The summed E-state index contributed by atoms with van der Waals surface area (Å²) in [4.78, 5) is 11.3. The zero-order valence-electron chi connectivity index (χ0n) is 9.24. The average Bonchev–Trinajstić information content (AvgIpc) is 2.27. The van der Waals surface area contributed by atoms with Gasteiger partial charge in [-0.05, 0) is 12.8 Å². The van der Waals surface area contributed by atoms with Crippen LogP contribution in [0.5, 0.6) is 0 Å². The molecule has 0 aromatic heterocycles. The zero-order valence-corrected chi connectivity index (χ0v) is 9.24. The highest BCUT2D eigenvalue weighted by atomic mass is 16.5. The Labute approximate surface area is 90.3 Å². The molecular weight excluding hydrogens is 194 g/mol. The summed E-state index contributed by atoms with van der Waals surface area (Å²) in [5.41, 5.74) is 0.170. The van der Waals surface area contributed by atoms with Crippen LogP contribution in [0.4, 0.5) is 0 Å². The fourth-order valence-corrected chi connectivity index (χ4v) is 2.04. The van der Waals surface area contributed by atoms with Crippen molar-refractivity contribution in [1.82, 2.24) is 0 Å². The molecule has 0 amide bonds.